The van der Waals surface area contributed by atoms with Crippen molar-refractivity contribution in [2.75, 3.05) is 19.6 Å². The summed E-state index contributed by atoms with van der Waals surface area (Å²) in [6.45, 7) is 6.91. The van der Waals surface area contributed by atoms with E-state index in [0.29, 0.717) is 12.6 Å². The number of hydrogen-bond acceptors (Lipinski definition) is 2. The molecule has 1 N–H and O–H groups in total. The number of nitrogens with one attached hydrogen (secondary N) is 1. The van der Waals surface area contributed by atoms with Gasteiger partial charge in [-0.3, -0.25) is 9.69 Å². The number of carbonyl (C=O) groups excluding carboxylic acids is 1. The van der Waals surface area contributed by atoms with Crippen LogP contribution in [0.2, 0.25) is 0 Å². The van der Waals surface area contributed by atoms with E-state index in [0.717, 1.165) is 19.5 Å². The summed E-state index contributed by atoms with van der Waals surface area (Å²) < 4.78 is 0. The van der Waals surface area contributed by atoms with Crippen molar-refractivity contribution in [3.05, 3.63) is 0 Å². The Morgan fingerprint density at radius 3 is 2.57 bits per heavy atom. The topological polar surface area (TPSA) is 32.3 Å². The van der Waals surface area contributed by atoms with Crippen LogP contribution in [0.1, 0.15) is 39.5 Å². The zero-order valence-corrected chi connectivity index (χ0v) is 9.38. The molecule has 1 amide bonds. The van der Waals surface area contributed by atoms with E-state index in [1.165, 1.54) is 19.3 Å². The van der Waals surface area contributed by atoms with E-state index in [4.69, 9.17) is 0 Å². The summed E-state index contributed by atoms with van der Waals surface area (Å²) in [7, 11) is 0. The van der Waals surface area contributed by atoms with Gasteiger partial charge in [-0.25, -0.2) is 0 Å². The number of hydrogen-bond donors (Lipinski definition) is 1. The molecular weight excluding hydrogens is 176 g/mol. The van der Waals surface area contributed by atoms with Gasteiger partial charge in [0, 0.05) is 6.04 Å². The molecule has 82 valence electrons. The van der Waals surface area contributed by atoms with Crippen LogP contribution in [0.25, 0.3) is 0 Å². The van der Waals surface area contributed by atoms with Gasteiger partial charge in [0.05, 0.1) is 6.54 Å². The summed E-state index contributed by atoms with van der Waals surface area (Å²) in [5.74, 6) is 0.182. The Morgan fingerprint density at radius 2 is 2.00 bits per heavy atom. The Labute approximate surface area is 86.9 Å². The first kappa shape index (κ1) is 11.5. The van der Waals surface area contributed by atoms with Crippen LogP contribution < -0.4 is 5.32 Å². The molecule has 1 unspecified atom stereocenters. The molecule has 1 aliphatic heterocycles. The molecule has 0 bridgehead atoms. The molecule has 0 aromatic rings. The summed E-state index contributed by atoms with van der Waals surface area (Å²) in [5, 5.41) is 3.00. The van der Waals surface area contributed by atoms with Crippen LogP contribution in [0, 0.1) is 0 Å². The molecule has 1 saturated heterocycles. The molecule has 3 heteroatoms. The highest BCUT2D eigenvalue weighted by molar-refractivity contribution is 5.78. The zero-order valence-electron chi connectivity index (χ0n) is 9.38. The van der Waals surface area contributed by atoms with Gasteiger partial charge in [-0.2, -0.15) is 0 Å². The molecule has 3 nitrogen and oxygen atoms in total. The van der Waals surface area contributed by atoms with E-state index < -0.39 is 0 Å². The first-order valence-corrected chi connectivity index (χ1v) is 5.74. The first-order chi connectivity index (χ1) is 6.72. The third-order valence-corrected chi connectivity index (χ3v) is 2.84. The van der Waals surface area contributed by atoms with Crippen molar-refractivity contribution in [3.63, 3.8) is 0 Å². The molecular formula is C11H22N2O. The second-order valence-electron chi connectivity index (χ2n) is 4.21. The van der Waals surface area contributed by atoms with E-state index in [9.17, 15) is 4.79 Å². The molecule has 1 heterocycles. The number of amides is 1. The fourth-order valence-electron chi connectivity index (χ4n) is 1.74. The van der Waals surface area contributed by atoms with Gasteiger partial charge in [-0.15, -0.1) is 0 Å². The van der Waals surface area contributed by atoms with Crippen LogP contribution in [0.5, 0.6) is 0 Å². The van der Waals surface area contributed by atoms with Gasteiger partial charge in [0.1, 0.15) is 0 Å². The maximum absolute atomic E-state index is 11.5. The summed E-state index contributed by atoms with van der Waals surface area (Å²) in [6.07, 6.45) is 4.82. The maximum Gasteiger partial charge on any atom is 0.234 e. The molecule has 0 radical (unpaired) electrons. The zero-order chi connectivity index (χ0) is 10.4. The Balaban J connectivity index is 2.18. The first-order valence-electron chi connectivity index (χ1n) is 5.74. The third kappa shape index (κ3) is 4.09. The van der Waals surface area contributed by atoms with Crippen molar-refractivity contribution in [1.82, 2.24) is 10.2 Å². The minimum absolute atomic E-state index is 0.182. The number of carbonyl (C=O) groups is 1. The number of piperidine rings is 1. The van der Waals surface area contributed by atoms with E-state index in [2.05, 4.69) is 17.1 Å². The monoisotopic (exact) mass is 198 g/mol. The van der Waals surface area contributed by atoms with Gasteiger partial charge >= 0.3 is 0 Å². The third-order valence-electron chi connectivity index (χ3n) is 2.84. The quantitative estimate of drug-likeness (QED) is 0.740. The van der Waals surface area contributed by atoms with Crippen molar-refractivity contribution >= 4 is 5.91 Å². The van der Waals surface area contributed by atoms with Crippen LogP contribution in [-0.4, -0.2) is 36.5 Å². The number of rotatable bonds is 4. The van der Waals surface area contributed by atoms with Crippen LogP contribution in [0.15, 0.2) is 0 Å². The van der Waals surface area contributed by atoms with E-state index >= 15 is 0 Å². The van der Waals surface area contributed by atoms with Crippen LogP contribution >= 0.6 is 0 Å². The van der Waals surface area contributed by atoms with Crippen molar-refractivity contribution < 1.29 is 4.79 Å². The van der Waals surface area contributed by atoms with E-state index in [1.807, 2.05) is 6.92 Å². The Bertz CT molecular complexity index is 176. The lowest BCUT2D eigenvalue weighted by Gasteiger charge is -2.26. The van der Waals surface area contributed by atoms with Gasteiger partial charge in [0.2, 0.25) is 5.91 Å². The average Bonchev–Trinajstić information content (AvgIpc) is 2.19. The van der Waals surface area contributed by atoms with Gasteiger partial charge in [-0.05, 0) is 39.3 Å². The molecule has 1 atom stereocenters. The Hall–Kier alpha value is -0.570. The second-order valence-corrected chi connectivity index (χ2v) is 4.21. The molecule has 0 aliphatic carbocycles. The van der Waals surface area contributed by atoms with Crippen molar-refractivity contribution in [1.29, 1.82) is 0 Å². The summed E-state index contributed by atoms with van der Waals surface area (Å²) in [5.41, 5.74) is 0. The molecule has 0 saturated carbocycles. The second kappa shape index (κ2) is 6.02. The fourth-order valence-corrected chi connectivity index (χ4v) is 1.74. The minimum Gasteiger partial charge on any atom is -0.353 e. The average molecular weight is 198 g/mol. The molecule has 1 rings (SSSR count). The standard InChI is InChI=1S/C11H22N2O/c1-3-10(2)12-11(14)9-13-7-5-4-6-8-13/h10H,3-9H2,1-2H3,(H,12,14). The van der Waals surface area contributed by atoms with Crippen LogP contribution in [0.4, 0.5) is 0 Å². The maximum atomic E-state index is 11.5. The van der Waals surface area contributed by atoms with Crippen molar-refractivity contribution in [2.45, 2.75) is 45.6 Å². The minimum atomic E-state index is 0.182. The van der Waals surface area contributed by atoms with Crippen molar-refractivity contribution in [2.24, 2.45) is 0 Å². The summed E-state index contributed by atoms with van der Waals surface area (Å²) in [6, 6.07) is 0.312. The van der Waals surface area contributed by atoms with Crippen molar-refractivity contribution in [3.8, 4) is 0 Å². The molecule has 14 heavy (non-hydrogen) atoms. The van der Waals surface area contributed by atoms with Gasteiger partial charge in [-0.1, -0.05) is 13.3 Å². The molecule has 0 aromatic carbocycles. The molecule has 0 aromatic heterocycles. The largest absolute Gasteiger partial charge is 0.353 e. The predicted molar refractivity (Wildman–Crippen MR) is 58.2 cm³/mol. The Morgan fingerprint density at radius 1 is 1.36 bits per heavy atom. The van der Waals surface area contributed by atoms with Gasteiger partial charge < -0.3 is 5.32 Å². The summed E-state index contributed by atoms with van der Waals surface area (Å²) >= 11 is 0. The van der Waals surface area contributed by atoms with E-state index in [1.54, 1.807) is 0 Å². The van der Waals surface area contributed by atoms with Gasteiger partial charge in [0.15, 0.2) is 0 Å². The number of likely N-dealkylation sites (tertiary alicyclic amines) is 1. The Kier molecular flexibility index (Phi) is 4.94. The summed E-state index contributed by atoms with van der Waals surface area (Å²) in [4.78, 5) is 13.8. The SMILES string of the molecule is CCC(C)NC(=O)CN1CCCCC1. The molecule has 1 fully saturated rings. The smallest absolute Gasteiger partial charge is 0.234 e. The highest BCUT2D eigenvalue weighted by Gasteiger charge is 2.14. The predicted octanol–water partition coefficient (Wildman–Crippen LogP) is 1.39. The van der Waals surface area contributed by atoms with Crippen LogP contribution in [0.3, 0.4) is 0 Å². The van der Waals surface area contributed by atoms with Crippen LogP contribution in [-0.2, 0) is 4.79 Å². The van der Waals surface area contributed by atoms with E-state index in [-0.39, 0.29) is 5.91 Å². The normalized spacial score (nSPS) is 20.4. The lowest BCUT2D eigenvalue weighted by Crippen LogP contribution is -2.42. The highest BCUT2D eigenvalue weighted by Crippen LogP contribution is 2.07. The number of nitrogens with zero attached hydrogens (tertiary/aromatic N) is 1. The van der Waals surface area contributed by atoms with Gasteiger partial charge in [0.25, 0.3) is 0 Å². The molecule has 1 aliphatic rings. The lowest BCUT2D eigenvalue weighted by atomic mass is 10.1. The highest BCUT2D eigenvalue weighted by atomic mass is 16.2. The lowest BCUT2D eigenvalue weighted by molar-refractivity contribution is -0.123. The molecule has 0 spiro atoms. The fraction of sp³-hybridized carbons (Fsp3) is 0.909.